The molecule has 1 aromatic rings. The van der Waals surface area contributed by atoms with E-state index in [4.69, 9.17) is 0 Å². The van der Waals surface area contributed by atoms with Crippen LogP contribution >= 0.6 is 0 Å². The fourth-order valence-corrected chi connectivity index (χ4v) is 3.70. The Labute approximate surface area is 147 Å². The van der Waals surface area contributed by atoms with Crippen LogP contribution in [0.25, 0.3) is 0 Å². The maximum atomic E-state index is 12.5. The SMILES string of the molecule is C[C@H](Cn1ccnc1)NC(=O)CCCN1C(=O)NC2(CCCC2)C1=O. The lowest BCUT2D eigenvalue weighted by Gasteiger charge is -2.20. The van der Waals surface area contributed by atoms with E-state index in [-0.39, 0.29) is 30.4 Å². The number of urea groups is 1. The lowest BCUT2D eigenvalue weighted by Crippen LogP contribution is -2.44. The molecule has 1 atom stereocenters. The highest BCUT2D eigenvalue weighted by Crippen LogP contribution is 2.35. The molecule has 1 saturated carbocycles. The molecule has 25 heavy (non-hydrogen) atoms. The molecular weight excluding hydrogens is 322 g/mol. The van der Waals surface area contributed by atoms with Gasteiger partial charge in [-0.3, -0.25) is 14.5 Å². The van der Waals surface area contributed by atoms with Crippen molar-refractivity contribution in [3.8, 4) is 0 Å². The van der Waals surface area contributed by atoms with Crippen molar-refractivity contribution in [2.45, 2.75) is 63.6 Å². The molecule has 1 saturated heterocycles. The van der Waals surface area contributed by atoms with Crippen LogP contribution in [0.15, 0.2) is 18.7 Å². The van der Waals surface area contributed by atoms with Crippen LogP contribution < -0.4 is 10.6 Å². The number of hydrogen-bond acceptors (Lipinski definition) is 4. The highest BCUT2D eigenvalue weighted by Gasteiger charge is 2.51. The number of aromatic nitrogens is 2. The Bertz CT molecular complexity index is 637. The minimum absolute atomic E-state index is 0.0137. The van der Waals surface area contributed by atoms with E-state index in [9.17, 15) is 14.4 Å². The lowest BCUT2D eigenvalue weighted by atomic mass is 9.98. The van der Waals surface area contributed by atoms with Crippen molar-refractivity contribution in [1.29, 1.82) is 0 Å². The van der Waals surface area contributed by atoms with Gasteiger partial charge in [-0.1, -0.05) is 12.8 Å². The zero-order valence-corrected chi connectivity index (χ0v) is 14.5. The summed E-state index contributed by atoms with van der Waals surface area (Å²) in [6.07, 6.45) is 9.40. The Balaban J connectivity index is 1.41. The Kier molecular flexibility index (Phi) is 5.06. The second-order valence-corrected chi connectivity index (χ2v) is 7.01. The van der Waals surface area contributed by atoms with Crippen LogP contribution in [0.3, 0.4) is 0 Å². The Morgan fingerprint density at radius 3 is 2.84 bits per heavy atom. The normalized spacial score (nSPS) is 20.1. The molecule has 3 rings (SSSR count). The number of hydrogen-bond donors (Lipinski definition) is 2. The van der Waals surface area contributed by atoms with E-state index in [0.29, 0.717) is 19.4 Å². The molecule has 2 N–H and O–H groups in total. The summed E-state index contributed by atoms with van der Waals surface area (Å²) in [5.74, 6) is -0.195. The fraction of sp³-hybridized carbons (Fsp3) is 0.647. The van der Waals surface area contributed by atoms with Gasteiger partial charge < -0.3 is 15.2 Å². The van der Waals surface area contributed by atoms with Gasteiger partial charge in [-0.15, -0.1) is 0 Å². The van der Waals surface area contributed by atoms with Gasteiger partial charge >= 0.3 is 6.03 Å². The highest BCUT2D eigenvalue weighted by atomic mass is 16.2. The monoisotopic (exact) mass is 347 g/mol. The summed E-state index contributed by atoms with van der Waals surface area (Å²) in [7, 11) is 0. The van der Waals surface area contributed by atoms with Gasteiger partial charge in [0.2, 0.25) is 5.91 Å². The average molecular weight is 347 g/mol. The van der Waals surface area contributed by atoms with E-state index in [1.54, 1.807) is 12.5 Å². The van der Waals surface area contributed by atoms with Gasteiger partial charge in [0, 0.05) is 37.9 Å². The van der Waals surface area contributed by atoms with E-state index in [1.165, 1.54) is 4.90 Å². The first-order chi connectivity index (χ1) is 12.0. The van der Waals surface area contributed by atoms with Crippen LogP contribution in [0.4, 0.5) is 4.79 Å². The van der Waals surface area contributed by atoms with Gasteiger partial charge in [0.05, 0.1) is 6.33 Å². The minimum Gasteiger partial charge on any atom is -0.352 e. The molecule has 136 valence electrons. The third-order valence-electron chi connectivity index (χ3n) is 4.94. The maximum absolute atomic E-state index is 12.5. The number of nitrogens with one attached hydrogen (secondary N) is 2. The van der Waals surface area contributed by atoms with E-state index < -0.39 is 5.54 Å². The zero-order valence-electron chi connectivity index (χ0n) is 14.5. The van der Waals surface area contributed by atoms with Crippen molar-refractivity contribution in [1.82, 2.24) is 25.1 Å². The first-order valence-electron chi connectivity index (χ1n) is 8.89. The average Bonchev–Trinajstić information content (AvgIpc) is 3.26. The molecular formula is C17H25N5O3. The molecule has 0 aromatic carbocycles. The smallest absolute Gasteiger partial charge is 0.325 e. The molecule has 1 aliphatic carbocycles. The summed E-state index contributed by atoms with van der Waals surface area (Å²) >= 11 is 0. The maximum Gasteiger partial charge on any atom is 0.325 e. The van der Waals surface area contributed by atoms with E-state index in [1.807, 2.05) is 17.7 Å². The number of imide groups is 1. The molecule has 8 heteroatoms. The number of carbonyl (C=O) groups excluding carboxylic acids is 3. The van der Waals surface area contributed by atoms with Gasteiger partial charge in [-0.05, 0) is 26.2 Å². The second-order valence-electron chi connectivity index (χ2n) is 7.01. The summed E-state index contributed by atoms with van der Waals surface area (Å²) in [6.45, 7) is 2.87. The topological polar surface area (TPSA) is 96.3 Å². The number of rotatable bonds is 7. The number of carbonyl (C=O) groups is 3. The molecule has 2 heterocycles. The highest BCUT2D eigenvalue weighted by molar-refractivity contribution is 6.07. The first kappa shape index (κ1) is 17.4. The standard InChI is InChI=1S/C17H25N5O3/c1-13(11-21-10-8-18-12-21)19-14(23)5-4-9-22-15(24)17(20-16(22)25)6-2-3-7-17/h8,10,12-13H,2-7,9,11H2,1H3,(H,19,23)(H,20,25)/t13-/m1/s1. The molecule has 1 aromatic heterocycles. The van der Waals surface area contributed by atoms with Gasteiger partial charge in [0.15, 0.2) is 0 Å². The molecule has 1 aliphatic heterocycles. The molecule has 0 bridgehead atoms. The van der Waals surface area contributed by atoms with Crippen molar-refractivity contribution in [3.63, 3.8) is 0 Å². The quantitative estimate of drug-likeness (QED) is 0.720. The van der Waals surface area contributed by atoms with Gasteiger partial charge in [0.1, 0.15) is 5.54 Å². The first-order valence-corrected chi connectivity index (χ1v) is 8.89. The van der Waals surface area contributed by atoms with Crippen LogP contribution in [-0.2, 0) is 16.1 Å². The second kappa shape index (κ2) is 7.25. The zero-order chi connectivity index (χ0) is 17.9. The minimum atomic E-state index is -0.668. The van der Waals surface area contributed by atoms with Crippen LogP contribution in [0.5, 0.6) is 0 Å². The summed E-state index contributed by atoms with van der Waals surface area (Å²) in [4.78, 5) is 41.8. The molecule has 8 nitrogen and oxygen atoms in total. The van der Waals surface area contributed by atoms with E-state index in [0.717, 1.165) is 25.7 Å². The number of nitrogens with zero attached hydrogens (tertiary/aromatic N) is 3. The summed E-state index contributed by atoms with van der Waals surface area (Å²) in [5, 5.41) is 5.78. The largest absolute Gasteiger partial charge is 0.352 e. The van der Waals surface area contributed by atoms with Crippen LogP contribution in [0.2, 0.25) is 0 Å². The molecule has 2 fully saturated rings. The molecule has 1 spiro atoms. The van der Waals surface area contributed by atoms with Crippen molar-refractivity contribution in [2.24, 2.45) is 0 Å². The van der Waals surface area contributed by atoms with Crippen molar-refractivity contribution in [2.75, 3.05) is 6.54 Å². The fourth-order valence-electron chi connectivity index (χ4n) is 3.70. The van der Waals surface area contributed by atoms with Gasteiger partial charge in [-0.2, -0.15) is 0 Å². The Hall–Kier alpha value is -2.38. The number of amides is 4. The Morgan fingerprint density at radius 1 is 1.40 bits per heavy atom. The van der Waals surface area contributed by atoms with Crippen molar-refractivity contribution < 1.29 is 14.4 Å². The van der Waals surface area contributed by atoms with Crippen LogP contribution in [-0.4, -0.2) is 50.4 Å². The van der Waals surface area contributed by atoms with Crippen LogP contribution in [0, 0.1) is 0 Å². The summed E-state index contributed by atoms with van der Waals surface area (Å²) in [6, 6.07) is -0.332. The van der Waals surface area contributed by atoms with Gasteiger partial charge in [-0.25, -0.2) is 9.78 Å². The van der Waals surface area contributed by atoms with Crippen molar-refractivity contribution in [3.05, 3.63) is 18.7 Å². The predicted molar refractivity (Wildman–Crippen MR) is 90.5 cm³/mol. The molecule has 2 aliphatic rings. The summed E-state index contributed by atoms with van der Waals surface area (Å²) in [5.41, 5.74) is -0.668. The number of imidazole rings is 1. The molecule has 4 amide bonds. The van der Waals surface area contributed by atoms with Crippen molar-refractivity contribution >= 4 is 17.8 Å². The molecule has 0 unspecified atom stereocenters. The lowest BCUT2D eigenvalue weighted by molar-refractivity contribution is -0.131. The van der Waals surface area contributed by atoms with E-state index in [2.05, 4.69) is 15.6 Å². The third kappa shape index (κ3) is 3.83. The third-order valence-corrected chi connectivity index (χ3v) is 4.94. The Morgan fingerprint density at radius 2 is 2.16 bits per heavy atom. The van der Waals surface area contributed by atoms with E-state index >= 15 is 0 Å². The predicted octanol–water partition coefficient (Wildman–Crippen LogP) is 1.03. The summed E-state index contributed by atoms with van der Waals surface area (Å²) < 4.78 is 1.90. The van der Waals surface area contributed by atoms with Crippen LogP contribution in [0.1, 0.15) is 45.4 Å². The molecule has 0 radical (unpaired) electrons. The van der Waals surface area contributed by atoms with Gasteiger partial charge in [0.25, 0.3) is 5.91 Å².